The summed E-state index contributed by atoms with van der Waals surface area (Å²) in [6.45, 7) is 3.10. The molecule has 1 amide bonds. The second-order valence-corrected chi connectivity index (χ2v) is 11.8. The van der Waals surface area contributed by atoms with Crippen LogP contribution in [0.1, 0.15) is 18.9 Å². The fourth-order valence-electron chi connectivity index (χ4n) is 4.09. The molecule has 200 valence electrons. The van der Waals surface area contributed by atoms with E-state index in [9.17, 15) is 22.4 Å². The molecule has 0 spiro atoms. The number of hydrogen-bond acceptors (Lipinski definition) is 6. The molecule has 0 saturated heterocycles. The third-order valence-corrected chi connectivity index (χ3v) is 8.72. The van der Waals surface area contributed by atoms with Gasteiger partial charge in [-0.25, -0.2) is 12.8 Å². The number of rotatable bonds is 11. The van der Waals surface area contributed by atoms with Gasteiger partial charge in [-0.15, -0.1) is 5.48 Å². The van der Waals surface area contributed by atoms with Crippen LogP contribution in [0.2, 0.25) is 0 Å². The number of aryl methyl sites for hydroxylation is 1. The molecule has 3 rings (SSSR count). The van der Waals surface area contributed by atoms with Crippen LogP contribution in [0.15, 0.2) is 53.5 Å². The Labute approximate surface area is 215 Å². The Hall–Kier alpha value is -3.12. The van der Waals surface area contributed by atoms with E-state index < -0.39 is 20.5 Å². The first kappa shape index (κ1) is 28.5. The summed E-state index contributed by atoms with van der Waals surface area (Å²) in [5.74, 6) is -1.32. The predicted molar refractivity (Wildman–Crippen MR) is 141 cm³/mol. The number of carbonyl (C=O) groups is 1. The normalized spacial score (nSPS) is 13.6. The van der Waals surface area contributed by atoms with Crippen molar-refractivity contribution in [1.82, 2.24) is 14.9 Å². The predicted octanol–water partition coefficient (Wildman–Crippen LogP) is 1.84. The summed E-state index contributed by atoms with van der Waals surface area (Å²) in [5, 5.41) is 8.07. The van der Waals surface area contributed by atoms with E-state index in [1.165, 1.54) is 23.8 Å². The first-order valence-electron chi connectivity index (χ1n) is 11.7. The number of nitrogens with zero attached hydrogens (tertiary/aromatic N) is 2. The Kier molecular flexibility index (Phi) is 8.85. The third kappa shape index (κ3) is 6.24. The van der Waals surface area contributed by atoms with Crippen molar-refractivity contribution in [2.75, 3.05) is 33.6 Å². The monoisotopic (exact) mass is 534 g/mol. The molecule has 3 aromatic rings. The van der Waals surface area contributed by atoms with Crippen molar-refractivity contribution in [2.45, 2.75) is 31.2 Å². The minimum Gasteiger partial charge on any atom is -0.383 e. The molecule has 9 nitrogen and oxygen atoms in total. The molecule has 0 unspecified atom stereocenters. The fraction of sp³-hybridized carbons (Fsp3) is 0.385. The Morgan fingerprint density at radius 1 is 1.22 bits per heavy atom. The molecular formula is C26H33FN3O6S+. The van der Waals surface area contributed by atoms with Crippen LogP contribution in [0.5, 0.6) is 0 Å². The van der Waals surface area contributed by atoms with Crippen LogP contribution >= 0.6 is 0 Å². The highest BCUT2D eigenvalue weighted by Gasteiger charge is 2.44. The van der Waals surface area contributed by atoms with Gasteiger partial charge < -0.3 is 14.5 Å². The fourth-order valence-corrected chi connectivity index (χ4v) is 4.94. The van der Waals surface area contributed by atoms with E-state index in [1.807, 2.05) is 18.0 Å². The van der Waals surface area contributed by atoms with Crippen LogP contribution in [0, 0.1) is 5.82 Å². The topological polar surface area (TPSA) is 121 Å². The summed E-state index contributed by atoms with van der Waals surface area (Å²) in [6, 6.07) is 11.8. The Morgan fingerprint density at radius 3 is 2.57 bits per heavy atom. The standard InChI is InChI=1S/C26H32FN3O6S/c1-26(25(32)28-33,37(4,34)35)10-12-30-11-9-20-16-19(6-8-22(20)24(30)31)21-7-5-18(15-23(21)27)17-29(2)13-14-36-3/h5-9,11,15-16,33H,10,12-14,17H2,1-4H3,(H,28,32)/p+1/t26-/m1/s1. The SMILES string of the molecule is COCCN(C)Cc1ccc(-c2ccc3c(=O)n(CC[C@](C)(C(=O)N[OH2+])S(C)(=O)=O)ccc3c2)c(F)c1. The molecule has 0 aliphatic heterocycles. The molecular weight excluding hydrogens is 501 g/mol. The number of ether oxygens (including phenoxy) is 1. The lowest BCUT2D eigenvalue weighted by Gasteiger charge is -2.24. The quantitative estimate of drug-likeness (QED) is 0.296. The summed E-state index contributed by atoms with van der Waals surface area (Å²) in [6.07, 6.45) is 2.27. The number of hydrogen-bond donors (Lipinski definition) is 1. The number of likely N-dealkylation sites (N-methyl/N-ethyl adjacent to an activating group) is 1. The summed E-state index contributed by atoms with van der Waals surface area (Å²) in [4.78, 5) is 27.2. The maximum Gasteiger partial charge on any atom is 0.304 e. The molecule has 0 saturated carbocycles. The van der Waals surface area contributed by atoms with Crippen molar-refractivity contribution in [2.24, 2.45) is 0 Å². The van der Waals surface area contributed by atoms with Gasteiger partial charge in [-0.1, -0.05) is 18.2 Å². The largest absolute Gasteiger partial charge is 0.383 e. The molecule has 0 radical (unpaired) electrons. The second kappa shape index (κ2) is 11.5. The van der Waals surface area contributed by atoms with Crippen molar-refractivity contribution in [3.8, 4) is 11.1 Å². The average molecular weight is 535 g/mol. The second-order valence-electron chi connectivity index (χ2n) is 9.37. The zero-order valence-electron chi connectivity index (χ0n) is 21.4. The number of amides is 1. The summed E-state index contributed by atoms with van der Waals surface area (Å²) >= 11 is 0. The van der Waals surface area contributed by atoms with Gasteiger partial charge in [0.2, 0.25) is 0 Å². The molecule has 1 heterocycles. The van der Waals surface area contributed by atoms with Crippen molar-refractivity contribution in [3.05, 3.63) is 70.4 Å². The van der Waals surface area contributed by atoms with Crippen LogP contribution in [0.25, 0.3) is 21.9 Å². The number of nitrogens with one attached hydrogen (secondary N) is 1. The van der Waals surface area contributed by atoms with Crippen molar-refractivity contribution in [3.63, 3.8) is 0 Å². The van der Waals surface area contributed by atoms with Gasteiger partial charge in [0.1, 0.15) is 5.82 Å². The van der Waals surface area contributed by atoms with E-state index in [0.29, 0.717) is 35.1 Å². The van der Waals surface area contributed by atoms with E-state index in [2.05, 4.69) is 0 Å². The summed E-state index contributed by atoms with van der Waals surface area (Å²) < 4.78 is 44.0. The summed E-state index contributed by atoms with van der Waals surface area (Å²) in [7, 11) is -0.274. The van der Waals surface area contributed by atoms with E-state index in [-0.39, 0.29) is 24.3 Å². The molecule has 3 N–H and O–H groups in total. The number of pyridine rings is 1. The first-order chi connectivity index (χ1) is 17.4. The minimum atomic E-state index is -3.85. The van der Waals surface area contributed by atoms with Gasteiger partial charge in [-0.05, 0) is 61.2 Å². The van der Waals surface area contributed by atoms with Gasteiger partial charge in [0.15, 0.2) is 14.6 Å². The zero-order chi connectivity index (χ0) is 27.4. The smallest absolute Gasteiger partial charge is 0.304 e. The van der Waals surface area contributed by atoms with Crippen molar-refractivity contribution < 1.29 is 27.5 Å². The molecule has 0 bridgehead atoms. The van der Waals surface area contributed by atoms with Gasteiger partial charge >= 0.3 is 5.91 Å². The number of sulfone groups is 1. The number of hydroxylamine groups is 1. The highest BCUT2D eigenvalue weighted by Crippen LogP contribution is 2.27. The van der Waals surface area contributed by atoms with Gasteiger partial charge in [-0.3, -0.25) is 14.5 Å². The number of fused-ring (bicyclic) bond motifs is 1. The number of aromatic nitrogens is 1. The van der Waals surface area contributed by atoms with Crippen LogP contribution in [0.3, 0.4) is 0 Å². The average Bonchev–Trinajstić information content (AvgIpc) is 2.85. The van der Waals surface area contributed by atoms with Gasteiger partial charge in [0.25, 0.3) is 5.56 Å². The van der Waals surface area contributed by atoms with Crippen LogP contribution in [-0.4, -0.2) is 67.3 Å². The Bertz CT molecular complexity index is 1460. The van der Waals surface area contributed by atoms with Gasteiger partial charge in [0, 0.05) is 50.1 Å². The molecule has 0 fully saturated rings. The Balaban J connectivity index is 1.85. The molecule has 1 aromatic heterocycles. The number of halogens is 1. The third-order valence-electron chi connectivity index (χ3n) is 6.69. The molecule has 0 aliphatic rings. The number of benzene rings is 2. The van der Waals surface area contributed by atoms with Crippen molar-refractivity contribution in [1.29, 1.82) is 0 Å². The Morgan fingerprint density at radius 2 is 1.95 bits per heavy atom. The first-order valence-corrected chi connectivity index (χ1v) is 13.6. The minimum absolute atomic E-state index is 0.0393. The van der Waals surface area contributed by atoms with Gasteiger partial charge in [-0.2, -0.15) is 0 Å². The van der Waals surface area contributed by atoms with Crippen LogP contribution < -0.4 is 11.0 Å². The lowest BCUT2D eigenvalue weighted by molar-refractivity contribution is -0.131. The maximum atomic E-state index is 15.0. The van der Waals surface area contributed by atoms with E-state index >= 15 is 0 Å². The highest BCUT2D eigenvalue weighted by molar-refractivity contribution is 7.92. The number of carbonyl (C=O) groups excluding carboxylic acids is 1. The maximum absolute atomic E-state index is 15.0. The highest BCUT2D eigenvalue weighted by atomic mass is 32.2. The lowest BCUT2D eigenvalue weighted by atomic mass is 10.00. The van der Waals surface area contributed by atoms with Crippen molar-refractivity contribution >= 4 is 26.5 Å². The van der Waals surface area contributed by atoms with Gasteiger partial charge in [0.05, 0.1) is 6.61 Å². The molecule has 1 atom stereocenters. The molecule has 2 aromatic carbocycles. The van der Waals surface area contributed by atoms with E-state index in [1.54, 1.807) is 42.9 Å². The number of methoxy groups -OCH3 is 1. The zero-order valence-corrected chi connectivity index (χ0v) is 22.2. The van der Waals surface area contributed by atoms with Crippen LogP contribution in [0.4, 0.5) is 4.39 Å². The molecule has 0 aliphatic carbocycles. The summed E-state index contributed by atoms with van der Waals surface area (Å²) in [5.41, 5.74) is 3.16. The van der Waals surface area contributed by atoms with Crippen LogP contribution in [-0.2, 0) is 32.5 Å². The molecule has 37 heavy (non-hydrogen) atoms. The lowest BCUT2D eigenvalue weighted by Crippen LogP contribution is -2.49. The van der Waals surface area contributed by atoms with E-state index in [4.69, 9.17) is 9.94 Å². The van der Waals surface area contributed by atoms with E-state index in [0.717, 1.165) is 18.4 Å². The molecule has 11 heteroatoms.